The van der Waals surface area contributed by atoms with E-state index in [1.807, 2.05) is 0 Å². The molecule has 0 bridgehead atoms. The molecule has 0 saturated carbocycles. The molecule has 2 N–H and O–H groups in total. The predicted octanol–water partition coefficient (Wildman–Crippen LogP) is 2.75. The van der Waals surface area contributed by atoms with Gasteiger partial charge in [0.25, 0.3) is 0 Å². The summed E-state index contributed by atoms with van der Waals surface area (Å²) < 4.78 is 10.7. The lowest BCUT2D eigenvalue weighted by molar-refractivity contribution is 0.0536. The predicted molar refractivity (Wildman–Crippen MR) is 111 cm³/mol. The Kier molecular flexibility index (Phi) is 9.97. The third-order valence-electron chi connectivity index (χ3n) is 4.18. The Morgan fingerprint density at radius 3 is 3.00 bits per heavy atom. The van der Waals surface area contributed by atoms with Crippen LogP contribution in [0.3, 0.4) is 0 Å². The number of aliphatic imine (C=N–C) groups is 1. The second-order valence-electron chi connectivity index (χ2n) is 6.31. The van der Waals surface area contributed by atoms with Crippen molar-refractivity contribution in [1.82, 2.24) is 15.2 Å². The Morgan fingerprint density at radius 1 is 1.41 bits per heavy atom. The molecule has 1 aliphatic heterocycles. The molecule has 0 amide bonds. The van der Waals surface area contributed by atoms with E-state index in [1.54, 1.807) is 19.4 Å². The number of hydrogen-bond donors (Lipinski definition) is 2. The van der Waals surface area contributed by atoms with Crippen molar-refractivity contribution in [2.24, 2.45) is 10.9 Å². The number of halogens is 2. The molecule has 2 heterocycles. The topological polar surface area (TPSA) is 71.0 Å². The van der Waals surface area contributed by atoms with Gasteiger partial charge in [-0.2, -0.15) is 0 Å². The summed E-state index contributed by atoms with van der Waals surface area (Å²) in [5.74, 6) is 2.09. The number of rotatable bonds is 10. The summed E-state index contributed by atoms with van der Waals surface area (Å²) in [7, 11) is 1.69. The van der Waals surface area contributed by atoms with Crippen LogP contribution >= 0.6 is 23.2 Å². The molecule has 152 valence electrons. The van der Waals surface area contributed by atoms with Gasteiger partial charge in [-0.15, -0.1) is 0 Å². The van der Waals surface area contributed by atoms with Crippen LogP contribution in [0, 0.1) is 5.92 Å². The van der Waals surface area contributed by atoms with Crippen molar-refractivity contribution in [1.29, 1.82) is 0 Å². The Balaban J connectivity index is 1.78. The van der Waals surface area contributed by atoms with Gasteiger partial charge >= 0.3 is 0 Å². The Hall–Kier alpha value is -1.28. The number of guanidine groups is 1. The highest BCUT2D eigenvalue weighted by Crippen LogP contribution is 2.22. The van der Waals surface area contributed by atoms with Gasteiger partial charge in [-0.3, -0.25) is 4.99 Å². The van der Waals surface area contributed by atoms with Crippen molar-refractivity contribution < 1.29 is 9.47 Å². The fourth-order valence-corrected chi connectivity index (χ4v) is 3.31. The van der Waals surface area contributed by atoms with Crippen LogP contribution in [-0.2, 0) is 9.47 Å². The maximum absolute atomic E-state index is 6.12. The lowest BCUT2D eigenvalue weighted by Gasteiger charge is -2.21. The molecule has 1 unspecified atom stereocenters. The molecule has 7 nitrogen and oxygen atoms in total. The minimum atomic E-state index is 0.509. The highest BCUT2D eigenvalue weighted by molar-refractivity contribution is 6.35. The zero-order valence-corrected chi connectivity index (χ0v) is 17.5. The van der Waals surface area contributed by atoms with Crippen molar-refractivity contribution in [2.45, 2.75) is 13.3 Å². The van der Waals surface area contributed by atoms with E-state index in [4.69, 9.17) is 37.7 Å². The summed E-state index contributed by atoms with van der Waals surface area (Å²) in [4.78, 5) is 11.2. The minimum Gasteiger partial charge on any atom is -0.382 e. The number of aromatic nitrogens is 1. The number of ether oxygens (including phenoxy) is 2. The molecule has 0 aliphatic carbocycles. The Bertz CT molecular complexity index is 603. The van der Waals surface area contributed by atoms with Gasteiger partial charge in [0.05, 0.1) is 36.4 Å². The van der Waals surface area contributed by atoms with Crippen molar-refractivity contribution >= 4 is 35.0 Å². The molecule has 0 spiro atoms. The van der Waals surface area contributed by atoms with Crippen molar-refractivity contribution in [3.63, 3.8) is 0 Å². The summed E-state index contributed by atoms with van der Waals surface area (Å²) in [5.41, 5.74) is 0. The zero-order valence-electron chi connectivity index (χ0n) is 16.0. The van der Waals surface area contributed by atoms with Crippen molar-refractivity contribution in [3.05, 3.63) is 22.3 Å². The smallest absolute Gasteiger partial charge is 0.193 e. The molecular formula is C18H29Cl2N5O2. The van der Waals surface area contributed by atoms with Gasteiger partial charge in [-0.05, 0) is 19.4 Å². The van der Waals surface area contributed by atoms with E-state index in [2.05, 4.69) is 27.4 Å². The van der Waals surface area contributed by atoms with Gasteiger partial charge in [-0.1, -0.05) is 23.2 Å². The lowest BCUT2D eigenvalue weighted by Crippen LogP contribution is -2.40. The molecule has 1 saturated heterocycles. The molecule has 1 aliphatic rings. The van der Waals surface area contributed by atoms with E-state index in [0.717, 1.165) is 38.6 Å². The Labute approximate surface area is 171 Å². The first-order valence-corrected chi connectivity index (χ1v) is 10.0. The van der Waals surface area contributed by atoms with Crippen LogP contribution in [0.25, 0.3) is 0 Å². The number of likely N-dealkylation sites (tertiary alicyclic amines) is 1. The van der Waals surface area contributed by atoms with E-state index in [0.29, 0.717) is 48.1 Å². The van der Waals surface area contributed by atoms with Crippen LogP contribution in [0.15, 0.2) is 17.3 Å². The molecule has 0 radical (unpaired) electrons. The maximum Gasteiger partial charge on any atom is 0.193 e. The monoisotopic (exact) mass is 417 g/mol. The van der Waals surface area contributed by atoms with E-state index in [-0.39, 0.29) is 0 Å². The molecule has 1 aromatic heterocycles. The first kappa shape index (κ1) is 22.0. The minimum absolute atomic E-state index is 0.509. The van der Waals surface area contributed by atoms with Gasteiger partial charge in [0.15, 0.2) is 5.96 Å². The molecule has 1 aromatic rings. The fraction of sp³-hybridized carbons (Fsp3) is 0.667. The average Bonchev–Trinajstić information content (AvgIpc) is 3.11. The highest BCUT2D eigenvalue weighted by Gasteiger charge is 2.24. The average molecular weight is 418 g/mol. The number of nitrogens with one attached hydrogen (secondary N) is 2. The third kappa shape index (κ3) is 7.70. The standard InChI is InChI=1S/C18H29Cl2N5O2/c1-3-21-18(25-7-4-14(12-25)13-27-9-8-26-2)23-6-5-22-17-16(20)10-15(19)11-24-17/h10-11,14H,3-9,12-13H2,1-2H3,(H,21,23)(H,22,24). The number of pyridine rings is 1. The molecule has 1 fully saturated rings. The summed E-state index contributed by atoms with van der Waals surface area (Å²) in [6, 6.07) is 1.67. The van der Waals surface area contributed by atoms with E-state index in [1.165, 1.54) is 0 Å². The number of nitrogens with zero attached hydrogens (tertiary/aromatic N) is 3. The van der Waals surface area contributed by atoms with Gasteiger partial charge < -0.3 is 25.0 Å². The molecule has 2 rings (SSSR count). The second kappa shape index (κ2) is 12.2. The maximum atomic E-state index is 6.12. The molecule has 9 heteroatoms. The summed E-state index contributed by atoms with van der Waals surface area (Å²) in [6.07, 6.45) is 2.68. The van der Waals surface area contributed by atoms with Gasteiger partial charge in [0.2, 0.25) is 0 Å². The molecule has 1 atom stereocenters. The van der Waals surface area contributed by atoms with Crippen LogP contribution in [-0.4, -0.2) is 75.5 Å². The summed E-state index contributed by atoms with van der Waals surface area (Å²) in [5, 5.41) is 7.59. The van der Waals surface area contributed by atoms with Crippen molar-refractivity contribution in [2.75, 3.05) is 65.0 Å². The van der Waals surface area contributed by atoms with E-state index in [9.17, 15) is 0 Å². The number of methoxy groups -OCH3 is 1. The largest absolute Gasteiger partial charge is 0.382 e. The number of anilines is 1. The number of hydrogen-bond acceptors (Lipinski definition) is 5. The van der Waals surface area contributed by atoms with Crippen LogP contribution in [0.5, 0.6) is 0 Å². The summed E-state index contributed by atoms with van der Waals surface area (Å²) >= 11 is 12.0. The molecule has 27 heavy (non-hydrogen) atoms. The van der Waals surface area contributed by atoms with Crippen LogP contribution < -0.4 is 10.6 Å². The third-order valence-corrected chi connectivity index (χ3v) is 4.67. The first-order valence-electron chi connectivity index (χ1n) is 9.28. The van der Waals surface area contributed by atoms with E-state index < -0.39 is 0 Å². The van der Waals surface area contributed by atoms with Crippen LogP contribution in [0.4, 0.5) is 5.82 Å². The zero-order chi connectivity index (χ0) is 19.5. The fourth-order valence-electron chi connectivity index (χ4n) is 2.86. The van der Waals surface area contributed by atoms with E-state index >= 15 is 0 Å². The van der Waals surface area contributed by atoms with Gasteiger partial charge in [-0.25, -0.2) is 4.98 Å². The first-order chi connectivity index (χ1) is 13.1. The quantitative estimate of drug-likeness (QED) is 0.346. The van der Waals surface area contributed by atoms with Crippen LogP contribution in [0.2, 0.25) is 10.0 Å². The molecule has 0 aromatic carbocycles. The Morgan fingerprint density at radius 2 is 2.26 bits per heavy atom. The highest BCUT2D eigenvalue weighted by atomic mass is 35.5. The normalized spacial score (nSPS) is 17.4. The second-order valence-corrected chi connectivity index (χ2v) is 7.16. The van der Waals surface area contributed by atoms with Crippen molar-refractivity contribution in [3.8, 4) is 0 Å². The van der Waals surface area contributed by atoms with Crippen LogP contribution in [0.1, 0.15) is 13.3 Å². The SMILES string of the molecule is CCNC(=NCCNc1ncc(Cl)cc1Cl)N1CCC(COCCOC)C1. The van der Waals surface area contributed by atoms with Gasteiger partial charge in [0, 0.05) is 45.4 Å². The van der Waals surface area contributed by atoms with Gasteiger partial charge in [0.1, 0.15) is 5.82 Å². The summed E-state index contributed by atoms with van der Waals surface area (Å²) in [6.45, 7) is 8.17. The molecular weight excluding hydrogens is 389 g/mol. The lowest BCUT2D eigenvalue weighted by atomic mass is 10.1.